The lowest BCUT2D eigenvalue weighted by Crippen LogP contribution is -2.46. The van der Waals surface area contributed by atoms with E-state index in [1.54, 1.807) is 12.1 Å². The Morgan fingerprint density at radius 2 is 1.87 bits per heavy atom. The third-order valence-corrected chi connectivity index (χ3v) is 1.69. The third-order valence-electron chi connectivity index (χ3n) is 1.69. The first kappa shape index (κ1) is 10.8. The molecule has 0 spiro atoms. The largest absolute Gasteiger partial charge is 0.350 e. The molecule has 1 aromatic rings. The van der Waals surface area contributed by atoms with Gasteiger partial charge in [0.2, 0.25) is 0 Å². The number of carbonyl (C=O) groups excluding carboxylic acids is 2. The van der Waals surface area contributed by atoms with Crippen LogP contribution < -0.4 is 21.9 Å². The van der Waals surface area contributed by atoms with Crippen LogP contribution >= 0.6 is 0 Å². The zero-order chi connectivity index (χ0) is 11.3. The number of nitrogens with two attached hydrogens (primary N) is 1. The summed E-state index contributed by atoms with van der Waals surface area (Å²) in [4.78, 5) is 21.5. The summed E-state index contributed by atoms with van der Waals surface area (Å²) in [6, 6.07) is 5.89. The maximum atomic E-state index is 11.2. The van der Waals surface area contributed by atoms with Crippen LogP contribution in [0.25, 0.3) is 0 Å². The quantitative estimate of drug-likeness (QED) is 0.511. The highest BCUT2D eigenvalue weighted by molar-refractivity contribution is 5.91. The van der Waals surface area contributed by atoms with Gasteiger partial charge in [0.25, 0.3) is 0 Å². The van der Waals surface area contributed by atoms with Crippen molar-refractivity contribution < 1.29 is 9.59 Å². The summed E-state index contributed by atoms with van der Waals surface area (Å²) < 4.78 is 0. The molecule has 6 nitrogen and oxygen atoms in total. The van der Waals surface area contributed by atoms with E-state index in [0.29, 0.717) is 5.69 Å². The monoisotopic (exact) mass is 208 g/mol. The smallest absolute Gasteiger partial charge is 0.337 e. The van der Waals surface area contributed by atoms with Gasteiger partial charge in [-0.15, -0.1) is 0 Å². The van der Waals surface area contributed by atoms with Crippen LogP contribution in [-0.4, -0.2) is 12.1 Å². The lowest BCUT2D eigenvalue weighted by Gasteiger charge is -2.08. The summed E-state index contributed by atoms with van der Waals surface area (Å²) >= 11 is 0. The second-order valence-corrected chi connectivity index (χ2v) is 2.88. The van der Waals surface area contributed by atoms with Gasteiger partial charge in [-0.2, -0.15) is 0 Å². The summed E-state index contributed by atoms with van der Waals surface area (Å²) in [5.74, 6) is 0. The maximum absolute atomic E-state index is 11.2. The van der Waals surface area contributed by atoms with Crippen molar-refractivity contribution in [2.45, 2.75) is 6.92 Å². The number of para-hydroxylation sites is 1. The highest BCUT2D eigenvalue weighted by atomic mass is 16.2. The molecule has 6 heteroatoms. The van der Waals surface area contributed by atoms with E-state index in [2.05, 4.69) is 10.7 Å². The fourth-order valence-corrected chi connectivity index (χ4v) is 0.985. The van der Waals surface area contributed by atoms with Crippen molar-refractivity contribution in [1.29, 1.82) is 0 Å². The van der Waals surface area contributed by atoms with Crippen molar-refractivity contribution >= 4 is 17.7 Å². The van der Waals surface area contributed by atoms with Gasteiger partial charge in [0.05, 0.1) is 0 Å². The predicted molar refractivity (Wildman–Crippen MR) is 56.1 cm³/mol. The molecule has 80 valence electrons. The summed E-state index contributed by atoms with van der Waals surface area (Å²) in [5, 5.41) is 2.55. The number of hydrogen-bond acceptors (Lipinski definition) is 2. The lowest BCUT2D eigenvalue weighted by molar-refractivity contribution is 0.235. The van der Waals surface area contributed by atoms with Gasteiger partial charge in [-0.25, -0.2) is 20.4 Å². The molecule has 0 bridgehead atoms. The molecule has 0 radical (unpaired) electrons. The molecule has 1 rings (SSSR count). The molecule has 0 aliphatic carbocycles. The van der Waals surface area contributed by atoms with E-state index in [9.17, 15) is 9.59 Å². The normalized spacial score (nSPS) is 9.13. The van der Waals surface area contributed by atoms with E-state index in [4.69, 9.17) is 5.73 Å². The summed E-state index contributed by atoms with van der Waals surface area (Å²) in [6.45, 7) is 1.86. The Kier molecular flexibility index (Phi) is 3.50. The van der Waals surface area contributed by atoms with E-state index < -0.39 is 12.1 Å². The number of hydrogen-bond donors (Lipinski definition) is 4. The minimum atomic E-state index is -0.824. The van der Waals surface area contributed by atoms with Crippen LogP contribution in [0.3, 0.4) is 0 Å². The van der Waals surface area contributed by atoms with Crippen molar-refractivity contribution in [3.8, 4) is 0 Å². The van der Waals surface area contributed by atoms with Crippen LogP contribution in [-0.2, 0) is 0 Å². The van der Waals surface area contributed by atoms with Gasteiger partial charge in [0.15, 0.2) is 0 Å². The average Bonchev–Trinajstić information content (AvgIpc) is 2.18. The van der Waals surface area contributed by atoms with Crippen LogP contribution in [0, 0.1) is 6.92 Å². The van der Waals surface area contributed by atoms with Crippen molar-refractivity contribution in [2.75, 3.05) is 5.32 Å². The SMILES string of the molecule is Cc1ccccc1NC(=O)NNC(N)=O. The molecule has 1 aromatic carbocycles. The minimum absolute atomic E-state index is 0.553. The Balaban J connectivity index is 2.52. The second kappa shape index (κ2) is 4.85. The Bertz CT molecular complexity index is 378. The molecule has 0 saturated heterocycles. The molecule has 0 aromatic heterocycles. The molecule has 0 aliphatic heterocycles. The molecular weight excluding hydrogens is 196 g/mol. The van der Waals surface area contributed by atoms with Crippen molar-refractivity contribution in [3.05, 3.63) is 29.8 Å². The fraction of sp³-hybridized carbons (Fsp3) is 0.111. The van der Waals surface area contributed by atoms with Crippen LogP contribution in [0.15, 0.2) is 24.3 Å². The van der Waals surface area contributed by atoms with E-state index >= 15 is 0 Å². The Morgan fingerprint density at radius 1 is 1.20 bits per heavy atom. The van der Waals surface area contributed by atoms with Crippen LogP contribution in [0.5, 0.6) is 0 Å². The second-order valence-electron chi connectivity index (χ2n) is 2.88. The fourth-order valence-electron chi connectivity index (χ4n) is 0.985. The molecule has 0 aliphatic rings. The summed E-state index contributed by atoms with van der Waals surface area (Å²) in [6.07, 6.45) is 0. The molecule has 0 atom stereocenters. The number of nitrogens with one attached hydrogen (secondary N) is 3. The Morgan fingerprint density at radius 3 is 2.47 bits per heavy atom. The highest BCUT2D eigenvalue weighted by Crippen LogP contribution is 2.12. The molecule has 15 heavy (non-hydrogen) atoms. The van der Waals surface area contributed by atoms with Crippen molar-refractivity contribution in [2.24, 2.45) is 5.73 Å². The number of aryl methyl sites for hydroxylation is 1. The van der Waals surface area contributed by atoms with Crippen molar-refractivity contribution in [3.63, 3.8) is 0 Å². The van der Waals surface area contributed by atoms with E-state index in [1.807, 2.05) is 24.5 Å². The van der Waals surface area contributed by atoms with Gasteiger partial charge in [-0.3, -0.25) is 0 Å². The summed E-state index contributed by atoms with van der Waals surface area (Å²) in [7, 11) is 0. The van der Waals surface area contributed by atoms with Gasteiger partial charge >= 0.3 is 12.1 Å². The molecule has 0 saturated carbocycles. The first-order chi connectivity index (χ1) is 7.09. The topological polar surface area (TPSA) is 96.2 Å². The number of urea groups is 2. The first-order valence-electron chi connectivity index (χ1n) is 4.27. The number of anilines is 1. The minimum Gasteiger partial charge on any atom is -0.350 e. The number of primary amides is 1. The molecule has 5 N–H and O–H groups in total. The third kappa shape index (κ3) is 3.55. The molecule has 0 fully saturated rings. The van der Waals surface area contributed by atoms with Crippen LogP contribution in [0.1, 0.15) is 5.56 Å². The van der Waals surface area contributed by atoms with Crippen LogP contribution in [0.2, 0.25) is 0 Å². The van der Waals surface area contributed by atoms with Crippen molar-refractivity contribution in [1.82, 2.24) is 10.9 Å². The number of benzene rings is 1. The number of rotatable bonds is 1. The van der Waals surface area contributed by atoms with E-state index in [0.717, 1.165) is 5.56 Å². The molecular formula is C9H12N4O2. The number of carbonyl (C=O) groups is 2. The zero-order valence-corrected chi connectivity index (χ0v) is 8.20. The summed E-state index contributed by atoms with van der Waals surface area (Å²) in [5.41, 5.74) is 10.4. The van der Waals surface area contributed by atoms with Gasteiger partial charge in [-0.05, 0) is 18.6 Å². The van der Waals surface area contributed by atoms with Crippen LogP contribution in [0.4, 0.5) is 15.3 Å². The molecule has 0 heterocycles. The maximum Gasteiger partial charge on any atom is 0.337 e. The number of hydrazine groups is 1. The Labute approximate surface area is 86.8 Å². The Hall–Kier alpha value is -2.24. The van der Waals surface area contributed by atoms with Gasteiger partial charge in [-0.1, -0.05) is 18.2 Å². The molecule has 4 amide bonds. The van der Waals surface area contributed by atoms with Gasteiger partial charge in [0.1, 0.15) is 0 Å². The standard InChI is InChI=1S/C9H12N4O2/c1-6-4-2-3-5-7(6)11-9(15)13-12-8(10)14/h2-5H,1H3,(H3,10,12,14)(H2,11,13,15). The van der Waals surface area contributed by atoms with Gasteiger partial charge in [0, 0.05) is 5.69 Å². The predicted octanol–water partition coefficient (Wildman–Crippen LogP) is 0.700. The average molecular weight is 208 g/mol. The highest BCUT2D eigenvalue weighted by Gasteiger charge is 2.03. The van der Waals surface area contributed by atoms with Gasteiger partial charge < -0.3 is 11.1 Å². The number of amides is 4. The van der Waals surface area contributed by atoms with E-state index in [-0.39, 0.29) is 0 Å². The first-order valence-corrected chi connectivity index (χ1v) is 4.27. The van der Waals surface area contributed by atoms with E-state index in [1.165, 1.54) is 0 Å². The lowest BCUT2D eigenvalue weighted by atomic mass is 10.2. The molecule has 0 unspecified atom stereocenters. The zero-order valence-electron chi connectivity index (χ0n) is 8.20.